The van der Waals surface area contributed by atoms with Gasteiger partial charge in [0.25, 0.3) is 14.1 Å². The number of nitrogens with one attached hydrogen (secondary N) is 1. The van der Waals surface area contributed by atoms with Crippen LogP contribution in [0.1, 0.15) is 57.0 Å². The number of aryl methyl sites for hydroxylation is 1. The lowest BCUT2D eigenvalue weighted by atomic mass is 10.2. The average molecular weight is 506 g/mol. The Morgan fingerprint density at radius 3 is 2.60 bits per heavy atom. The molecule has 0 amide bonds. The van der Waals surface area contributed by atoms with Crippen molar-refractivity contribution in [1.82, 2.24) is 14.2 Å². The van der Waals surface area contributed by atoms with Crippen molar-refractivity contribution >= 4 is 8.53 Å². The molecule has 1 aromatic carbocycles. The predicted molar refractivity (Wildman–Crippen MR) is 132 cm³/mol. The summed E-state index contributed by atoms with van der Waals surface area (Å²) in [4.78, 5) is 26.5. The minimum atomic E-state index is -1.57. The molecule has 1 aromatic heterocycles. The third-order valence-electron chi connectivity index (χ3n) is 5.70. The maximum absolute atomic E-state index is 12.4. The largest absolute Gasteiger partial charge is 0.394 e. The Morgan fingerprint density at radius 2 is 2.00 bits per heavy atom. The normalized spacial score (nSPS) is 21.5. The van der Waals surface area contributed by atoms with Crippen LogP contribution in [0.25, 0.3) is 0 Å². The predicted octanol–water partition coefficient (Wildman–Crippen LogP) is 2.94. The highest BCUT2D eigenvalue weighted by Gasteiger charge is 2.41. The van der Waals surface area contributed by atoms with Crippen molar-refractivity contribution in [3.63, 3.8) is 0 Å². The molecule has 1 aliphatic heterocycles. The highest BCUT2D eigenvalue weighted by molar-refractivity contribution is 7.44. The van der Waals surface area contributed by atoms with E-state index in [1.807, 2.05) is 12.1 Å². The second kappa shape index (κ2) is 12.0. The van der Waals surface area contributed by atoms with Crippen molar-refractivity contribution in [2.45, 2.75) is 78.2 Å². The second-order valence-corrected chi connectivity index (χ2v) is 10.4. The summed E-state index contributed by atoms with van der Waals surface area (Å²) < 4.78 is 29.6. The van der Waals surface area contributed by atoms with E-state index in [2.05, 4.69) is 48.5 Å². The fraction of sp³-hybridized carbons (Fsp3) is 0.542. The number of benzene rings is 1. The Kier molecular flexibility index (Phi) is 8.84. The number of rotatable bonds is 11. The van der Waals surface area contributed by atoms with Gasteiger partial charge in [0.15, 0.2) is 0 Å². The zero-order chi connectivity index (χ0) is 26.4. The summed E-state index contributed by atoms with van der Waals surface area (Å²) in [5, 5.41) is 13.7. The summed E-state index contributed by atoms with van der Waals surface area (Å²) in [7, 11) is -1.57. The lowest BCUT2D eigenvalue weighted by Gasteiger charge is -2.37. The van der Waals surface area contributed by atoms with Crippen molar-refractivity contribution in [2.75, 3.05) is 6.61 Å². The Balaban J connectivity index is 1.84. The van der Waals surface area contributed by atoms with Crippen LogP contribution in [-0.2, 0) is 20.4 Å². The van der Waals surface area contributed by atoms with Gasteiger partial charge in [-0.3, -0.25) is 14.3 Å². The van der Waals surface area contributed by atoms with Gasteiger partial charge < -0.3 is 18.9 Å². The van der Waals surface area contributed by atoms with Crippen LogP contribution in [0.2, 0.25) is 0 Å². The molecule has 0 spiro atoms. The van der Waals surface area contributed by atoms with Crippen molar-refractivity contribution in [3.8, 4) is 6.07 Å². The molecule has 11 heteroatoms. The Hall–Kier alpha value is -2.38. The van der Waals surface area contributed by atoms with E-state index >= 15 is 0 Å². The SMILES string of the molecule is [2H]OC[C@H]1O[C@@H](n2cc(C)c(=O)[nH]c2=O)CC1OP(OCc1ccc(C#N)cc1)N(C(C)C)C(C)C. The highest BCUT2D eigenvalue weighted by atomic mass is 31.2. The minimum absolute atomic E-state index is 0.0552. The van der Waals surface area contributed by atoms with E-state index in [4.69, 9.17) is 20.5 Å². The fourth-order valence-electron chi connectivity index (χ4n) is 3.98. The van der Waals surface area contributed by atoms with Gasteiger partial charge in [-0.05, 0) is 52.3 Å². The fourth-order valence-corrected chi connectivity index (χ4v) is 5.75. The molecule has 0 bridgehead atoms. The first-order valence-electron chi connectivity index (χ1n) is 12.0. The number of H-pyrrole nitrogens is 1. The summed E-state index contributed by atoms with van der Waals surface area (Å²) in [5.74, 6) is 0. The van der Waals surface area contributed by atoms with E-state index in [0.717, 1.165) is 5.56 Å². The van der Waals surface area contributed by atoms with Crippen LogP contribution >= 0.6 is 8.53 Å². The number of nitriles is 1. The zero-order valence-electron chi connectivity index (χ0n) is 21.6. The molecular weight excluding hydrogens is 471 g/mol. The minimum Gasteiger partial charge on any atom is -0.394 e. The third kappa shape index (κ3) is 6.64. The molecule has 2 N–H and O–H groups in total. The number of ether oxygens (including phenoxy) is 1. The van der Waals surface area contributed by atoms with E-state index in [1.165, 1.54) is 10.8 Å². The first-order chi connectivity index (χ1) is 17.1. The quantitative estimate of drug-likeness (QED) is 0.446. The van der Waals surface area contributed by atoms with E-state index < -0.39 is 38.2 Å². The smallest absolute Gasteiger partial charge is 0.330 e. The van der Waals surface area contributed by atoms with Crippen molar-refractivity contribution in [3.05, 3.63) is 68.0 Å². The number of hydrogen-bond donors (Lipinski definition) is 2. The van der Waals surface area contributed by atoms with Crippen LogP contribution in [0.3, 0.4) is 0 Å². The molecule has 2 aromatic rings. The molecule has 0 saturated carbocycles. The summed E-state index contributed by atoms with van der Waals surface area (Å²) in [5.41, 5.74) is 0.835. The molecular formula is C24H33N4O6P. The van der Waals surface area contributed by atoms with Crippen molar-refractivity contribution < 1.29 is 18.9 Å². The molecule has 190 valence electrons. The Bertz CT molecular complexity index is 1150. The first-order valence-corrected chi connectivity index (χ1v) is 12.7. The first kappa shape index (κ1) is 25.7. The van der Waals surface area contributed by atoms with Crippen LogP contribution < -0.4 is 11.2 Å². The van der Waals surface area contributed by atoms with Gasteiger partial charge in [0.1, 0.15) is 12.3 Å². The summed E-state index contributed by atoms with van der Waals surface area (Å²) in [6.45, 7) is 10.1. The third-order valence-corrected chi connectivity index (χ3v) is 7.80. The maximum Gasteiger partial charge on any atom is 0.330 e. The van der Waals surface area contributed by atoms with Crippen molar-refractivity contribution in [2.24, 2.45) is 0 Å². The molecule has 3 rings (SSSR count). The number of aromatic nitrogens is 2. The Morgan fingerprint density at radius 1 is 1.31 bits per heavy atom. The number of aliphatic hydroxyl groups excluding tert-OH is 1. The highest BCUT2D eigenvalue weighted by Crippen LogP contribution is 2.50. The van der Waals surface area contributed by atoms with Crippen LogP contribution in [0.4, 0.5) is 0 Å². The number of nitrogens with zero attached hydrogens (tertiary/aromatic N) is 3. The van der Waals surface area contributed by atoms with Gasteiger partial charge in [-0.1, -0.05) is 12.1 Å². The van der Waals surface area contributed by atoms with Gasteiger partial charge in [0.2, 0.25) is 1.43 Å². The maximum atomic E-state index is 12.4. The van der Waals surface area contributed by atoms with Crippen LogP contribution in [0, 0.1) is 18.3 Å². The van der Waals surface area contributed by atoms with Gasteiger partial charge >= 0.3 is 5.69 Å². The number of aromatic amines is 1. The summed E-state index contributed by atoms with van der Waals surface area (Å²) in [6, 6.07) is 9.51. The molecule has 10 nitrogen and oxygen atoms in total. The van der Waals surface area contributed by atoms with E-state index in [0.29, 0.717) is 17.5 Å². The van der Waals surface area contributed by atoms with Crippen LogP contribution in [0.5, 0.6) is 0 Å². The van der Waals surface area contributed by atoms with Crippen molar-refractivity contribution in [1.29, 1.82) is 6.69 Å². The van der Waals surface area contributed by atoms with Gasteiger partial charge in [-0.25, -0.2) is 9.46 Å². The van der Waals surface area contributed by atoms with Crippen LogP contribution in [-0.4, -0.2) is 51.7 Å². The molecule has 1 fully saturated rings. The number of aliphatic hydroxyl groups is 1. The summed E-state index contributed by atoms with van der Waals surface area (Å²) in [6.07, 6.45) is -0.0586. The zero-order valence-corrected chi connectivity index (χ0v) is 21.5. The molecule has 1 aliphatic rings. The standard InChI is InChI=1S/C24H33N4O6P/c1-15(2)28(16(3)4)35(32-14-19-8-6-18(11-25)7-9-19)34-20-10-22(33-21(20)13-29)27-12-17(5)23(30)26-24(27)31/h6-9,12,15-16,20-22,29H,10,13-14H2,1-5H3,(H,26,30,31)/t20?,21-,22-,35?/m1/s1/i29D. The van der Waals surface area contributed by atoms with Gasteiger partial charge in [0, 0.05) is 30.3 Å². The lowest BCUT2D eigenvalue weighted by Crippen LogP contribution is -2.36. The molecule has 0 aliphatic carbocycles. The topological polar surface area (TPSA) is 130 Å². The average Bonchev–Trinajstić information content (AvgIpc) is 3.21. The second-order valence-electron chi connectivity index (χ2n) is 9.04. The summed E-state index contributed by atoms with van der Waals surface area (Å²) >= 11 is 0. The van der Waals surface area contributed by atoms with Gasteiger partial charge in [0.05, 0.1) is 31.0 Å². The molecule has 2 heterocycles. The molecule has 4 atom stereocenters. The number of hydrogen-bond acceptors (Lipinski definition) is 8. The van der Waals surface area contributed by atoms with E-state index in [9.17, 15) is 9.59 Å². The molecule has 2 unspecified atom stereocenters. The van der Waals surface area contributed by atoms with E-state index in [-0.39, 0.29) is 25.3 Å². The van der Waals surface area contributed by atoms with E-state index in [1.54, 1.807) is 19.1 Å². The lowest BCUT2D eigenvalue weighted by molar-refractivity contribution is -0.0441. The molecule has 0 radical (unpaired) electrons. The molecule has 35 heavy (non-hydrogen) atoms. The Labute approximate surface area is 207 Å². The molecule has 1 saturated heterocycles. The monoisotopic (exact) mass is 505 g/mol. The van der Waals surface area contributed by atoms with Crippen LogP contribution in [0.15, 0.2) is 40.1 Å². The van der Waals surface area contributed by atoms with Gasteiger partial charge in [-0.2, -0.15) is 5.26 Å². The van der Waals surface area contributed by atoms with Gasteiger partial charge in [-0.15, -0.1) is 0 Å².